The number of anilines is 1. The van der Waals surface area contributed by atoms with Gasteiger partial charge in [-0.1, -0.05) is 0 Å². The summed E-state index contributed by atoms with van der Waals surface area (Å²) in [7, 11) is 0. The Bertz CT molecular complexity index is 459. The normalized spacial score (nSPS) is 16.6. The maximum absolute atomic E-state index is 5.57. The van der Waals surface area contributed by atoms with Gasteiger partial charge in [-0.3, -0.25) is 0 Å². The zero-order valence-corrected chi connectivity index (χ0v) is 7.03. The molecule has 2 N–H and O–H groups in total. The molecule has 1 saturated carbocycles. The molecular weight excluding hydrogens is 166 g/mol. The smallest absolute Gasteiger partial charge is 0.200 e. The van der Waals surface area contributed by atoms with Crippen molar-refractivity contribution in [2.75, 3.05) is 5.73 Å². The molecule has 1 fully saturated rings. The zero-order valence-electron chi connectivity index (χ0n) is 7.03. The molecule has 13 heavy (non-hydrogen) atoms. The molecule has 4 heteroatoms. The maximum atomic E-state index is 5.57. The van der Waals surface area contributed by atoms with Crippen molar-refractivity contribution in [2.24, 2.45) is 0 Å². The third-order valence-corrected chi connectivity index (χ3v) is 2.21. The first-order valence-corrected chi connectivity index (χ1v) is 4.35. The van der Waals surface area contributed by atoms with E-state index in [-0.39, 0.29) is 0 Å². The summed E-state index contributed by atoms with van der Waals surface area (Å²) in [4.78, 5) is 8.36. The minimum absolute atomic E-state index is 0.524. The van der Waals surface area contributed by atoms with Gasteiger partial charge < -0.3 is 10.2 Å². The molecule has 0 unspecified atom stereocenters. The fourth-order valence-corrected chi connectivity index (χ4v) is 1.36. The van der Waals surface area contributed by atoms with Gasteiger partial charge in [-0.15, -0.1) is 0 Å². The lowest BCUT2D eigenvalue weighted by Crippen LogP contribution is -1.85. The highest BCUT2D eigenvalue weighted by Gasteiger charge is 2.29. The number of nitrogens with two attached hydrogens (primary N) is 1. The number of hydrogen-bond donors (Lipinski definition) is 1. The molecule has 2 heterocycles. The summed E-state index contributed by atoms with van der Waals surface area (Å²) in [6.07, 6.45) is 3.96. The summed E-state index contributed by atoms with van der Waals surface area (Å²) >= 11 is 0. The Hall–Kier alpha value is -1.58. The quantitative estimate of drug-likeness (QED) is 0.716. The first kappa shape index (κ1) is 6.88. The van der Waals surface area contributed by atoms with Crippen molar-refractivity contribution in [3.05, 3.63) is 18.2 Å². The molecule has 66 valence electrons. The van der Waals surface area contributed by atoms with Gasteiger partial charge in [0.2, 0.25) is 0 Å². The molecule has 0 aromatic carbocycles. The Morgan fingerprint density at radius 1 is 1.46 bits per heavy atom. The second-order valence-electron chi connectivity index (χ2n) is 3.42. The fourth-order valence-electron chi connectivity index (χ4n) is 1.36. The first-order chi connectivity index (χ1) is 6.33. The molecule has 2 aromatic heterocycles. The Balaban J connectivity index is 2.20. The van der Waals surface area contributed by atoms with Crippen LogP contribution < -0.4 is 5.73 Å². The minimum atomic E-state index is 0.524. The van der Waals surface area contributed by atoms with Crippen molar-refractivity contribution in [1.29, 1.82) is 0 Å². The highest BCUT2D eigenvalue weighted by Crippen LogP contribution is 2.40. The fraction of sp³-hybridized carbons (Fsp3) is 0.333. The van der Waals surface area contributed by atoms with Crippen LogP contribution in [0.15, 0.2) is 16.7 Å². The number of rotatable bonds is 1. The average molecular weight is 175 g/mol. The summed E-state index contributed by atoms with van der Waals surface area (Å²) in [6, 6.07) is 1.77. The SMILES string of the molecule is Nc1cnc2nc(C3CC3)oc2c1. The van der Waals surface area contributed by atoms with Gasteiger partial charge in [0.15, 0.2) is 17.1 Å². The molecule has 1 aliphatic carbocycles. The third kappa shape index (κ3) is 1.06. The summed E-state index contributed by atoms with van der Waals surface area (Å²) in [5.41, 5.74) is 7.55. The largest absolute Gasteiger partial charge is 0.439 e. The van der Waals surface area contributed by atoms with Crippen LogP contribution in [0.3, 0.4) is 0 Å². The Morgan fingerprint density at radius 2 is 2.31 bits per heavy atom. The van der Waals surface area contributed by atoms with E-state index >= 15 is 0 Å². The lowest BCUT2D eigenvalue weighted by Gasteiger charge is -1.87. The molecule has 0 radical (unpaired) electrons. The predicted molar refractivity (Wildman–Crippen MR) is 48.2 cm³/mol. The highest BCUT2D eigenvalue weighted by atomic mass is 16.3. The van der Waals surface area contributed by atoms with Crippen molar-refractivity contribution in [2.45, 2.75) is 18.8 Å². The van der Waals surface area contributed by atoms with E-state index in [9.17, 15) is 0 Å². The highest BCUT2D eigenvalue weighted by molar-refractivity contribution is 5.71. The van der Waals surface area contributed by atoms with Crippen molar-refractivity contribution < 1.29 is 4.42 Å². The van der Waals surface area contributed by atoms with Gasteiger partial charge in [0.25, 0.3) is 0 Å². The molecule has 0 atom stereocenters. The first-order valence-electron chi connectivity index (χ1n) is 4.35. The maximum Gasteiger partial charge on any atom is 0.200 e. The van der Waals surface area contributed by atoms with Crippen LogP contribution in [0.1, 0.15) is 24.7 Å². The van der Waals surface area contributed by atoms with Gasteiger partial charge in [-0.05, 0) is 12.8 Å². The van der Waals surface area contributed by atoms with Gasteiger partial charge in [0, 0.05) is 12.0 Å². The van der Waals surface area contributed by atoms with Crippen LogP contribution in [0.2, 0.25) is 0 Å². The molecular formula is C9H9N3O. The lowest BCUT2D eigenvalue weighted by molar-refractivity contribution is 0.533. The monoisotopic (exact) mass is 175 g/mol. The average Bonchev–Trinajstić information content (AvgIpc) is 2.87. The number of fused-ring (bicyclic) bond motifs is 1. The molecule has 0 amide bonds. The molecule has 4 nitrogen and oxygen atoms in total. The van der Waals surface area contributed by atoms with Crippen molar-refractivity contribution in [3.63, 3.8) is 0 Å². The van der Waals surface area contributed by atoms with Gasteiger partial charge in [-0.25, -0.2) is 4.98 Å². The van der Waals surface area contributed by atoms with E-state index in [1.54, 1.807) is 12.3 Å². The van der Waals surface area contributed by atoms with E-state index in [4.69, 9.17) is 10.2 Å². The second kappa shape index (κ2) is 2.22. The van der Waals surface area contributed by atoms with Crippen LogP contribution in [0, 0.1) is 0 Å². The minimum Gasteiger partial charge on any atom is -0.439 e. The summed E-state index contributed by atoms with van der Waals surface area (Å²) < 4.78 is 5.52. The Morgan fingerprint density at radius 3 is 3.08 bits per heavy atom. The molecule has 0 saturated heterocycles. The van der Waals surface area contributed by atoms with E-state index in [0.29, 0.717) is 22.8 Å². The second-order valence-corrected chi connectivity index (χ2v) is 3.42. The third-order valence-electron chi connectivity index (χ3n) is 2.21. The molecule has 3 rings (SSSR count). The standard InChI is InChI=1S/C9H9N3O/c10-6-3-7-8(11-4-6)12-9(13-7)5-1-2-5/h3-5H,1-2,10H2. The van der Waals surface area contributed by atoms with E-state index in [1.807, 2.05) is 0 Å². The number of nitrogen functional groups attached to an aromatic ring is 1. The number of hydrogen-bond acceptors (Lipinski definition) is 4. The number of aromatic nitrogens is 2. The van der Waals surface area contributed by atoms with Crippen LogP contribution in [-0.4, -0.2) is 9.97 Å². The van der Waals surface area contributed by atoms with Gasteiger partial charge in [0.1, 0.15) is 0 Å². The molecule has 0 bridgehead atoms. The van der Waals surface area contributed by atoms with Crippen molar-refractivity contribution in [1.82, 2.24) is 9.97 Å². The van der Waals surface area contributed by atoms with E-state index in [2.05, 4.69) is 9.97 Å². The van der Waals surface area contributed by atoms with Gasteiger partial charge >= 0.3 is 0 Å². The Kier molecular flexibility index (Phi) is 1.17. The molecule has 2 aromatic rings. The summed E-state index contributed by atoms with van der Waals surface area (Å²) in [5.74, 6) is 1.34. The van der Waals surface area contributed by atoms with Gasteiger partial charge in [-0.2, -0.15) is 4.98 Å². The summed E-state index contributed by atoms with van der Waals surface area (Å²) in [6.45, 7) is 0. The number of oxazole rings is 1. The van der Waals surface area contributed by atoms with Crippen LogP contribution >= 0.6 is 0 Å². The summed E-state index contributed by atoms with van der Waals surface area (Å²) in [5, 5.41) is 0. The van der Waals surface area contributed by atoms with Crippen molar-refractivity contribution >= 4 is 16.9 Å². The molecule has 0 aliphatic heterocycles. The predicted octanol–water partition coefficient (Wildman–Crippen LogP) is 1.68. The van der Waals surface area contributed by atoms with Crippen LogP contribution in [0.25, 0.3) is 11.2 Å². The topological polar surface area (TPSA) is 64.9 Å². The van der Waals surface area contributed by atoms with Crippen LogP contribution in [-0.2, 0) is 0 Å². The van der Waals surface area contributed by atoms with E-state index in [0.717, 1.165) is 5.89 Å². The number of pyridine rings is 1. The lowest BCUT2D eigenvalue weighted by atomic mass is 10.4. The van der Waals surface area contributed by atoms with Gasteiger partial charge in [0.05, 0.1) is 11.9 Å². The van der Waals surface area contributed by atoms with Crippen LogP contribution in [0.5, 0.6) is 0 Å². The van der Waals surface area contributed by atoms with Crippen LogP contribution in [0.4, 0.5) is 5.69 Å². The number of nitrogens with zero attached hydrogens (tertiary/aromatic N) is 2. The Labute approximate surface area is 74.8 Å². The molecule has 1 aliphatic rings. The van der Waals surface area contributed by atoms with Crippen molar-refractivity contribution in [3.8, 4) is 0 Å². The zero-order chi connectivity index (χ0) is 8.84. The van der Waals surface area contributed by atoms with E-state index in [1.165, 1.54) is 12.8 Å². The molecule has 0 spiro atoms. The van der Waals surface area contributed by atoms with E-state index < -0.39 is 0 Å².